The minimum absolute atomic E-state index is 0.00630. The molecule has 2 N–H and O–H groups in total. The molecule has 2 rings (SSSR count). The molecule has 1 atom stereocenters. The number of amides is 1. The minimum atomic E-state index is -0.0945. The van der Waals surface area contributed by atoms with Crippen LogP contribution in [0.5, 0.6) is 0 Å². The fraction of sp³-hybridized carbons (Fsp3) is 0.700. The largest absolute Gasteiger partial charge is 0.299 e. The smallest absolute Gasteiger partial charge is 0.244 e. The molecule has 94 valence electrons. The second kappa shape index (κ2) is 6.32. The molecule has 1 amide bonds. The zero-order chi connectivity index (χ0) is 12.1. The molecule has 17 heavy (non-hydrogen) atoms. The van der Waals surface area contributed by atoms with Crippen LogP contribution in [-0.2, 0) is 11.2 Å². The van der Waals surface area contributed by atoms with E-state index in [1.54, 1.807) is 11.8 Å². The molecule has 1 saturated heterocycles. The van der Waals surface area contributed by atoms with Crippen LogP contribution in [0.1, 0.15) is 24.8 Å². The summed E-state index contributed by atoms with van der Waals surface area (Å²) in [6, 6.07) is -0.0945. The van der Waals surface area contributed by atoms with Crippen molar-refractivity contribution >= 4 is 34.1 Å². The zero-order valence-electron chi connectivity index (χ0n) is 9.73. The number of hydrogen-bond donors (Lipinski definition) is 2. The highest BCUT2D eigenvalue weighted by Gasteiger charge is 2.23. The first-order valence-corrected chi connectivity index (χ1v) is 7.71. The molecule has 1 aliphatic rings. The molecule has 1 aromatic rings. The Hall–Kier alpha value is -0.660. The van der Waals surface area contributed by atoms with E-state index in [9.17, 15) is 4.79 Å². The summed E-state index contributed by atoms with van der Waals surface area (Å²) in [5.41, 5.74) is 0. The number of carbonyl (C=O) groups excluding carboxylic acids is 1. The first-order chi connectivity index (χ1) is 8.29. The van der Waals surface area contributed by atoms with Gasteiger partial charge in [0.2, 0.25) is 11.0 Å². The van der Waals surface area contributed by atoms with Crippen molar-refractivity contribution in [3.8, 4) is 0 Å². The van der Waals surface area contributed by atoms with Gasteiger partial charge in [0.1, 0.15) is 5.01 Å². The highest BCUT2D eigenvalue weighted by Crippen LogP contribution is 2.18. The third-order valence-electron chi connectivity index (χ3n) is 2.47. The fourth-order valence-corrected chi connectivity index (χ4v) is 3.22. The quantitative estimate of drug-likeness (QED) is 0.850. The Balaban J connectivity index is 1.85. The molecule has 0 bridgehead atoms. The van der Waals surface area contributed by atoms with Crippen LogP contribution >= 0.6 is 23.1 Å². The van der Waals surface area contributed by atoms with E-state index >= 15 is 0 Å². The lowest BCUT2D eigenvalue weighted by Gasteiger charge is -2.06. The van der Waals surface area contributed by atoms with Gasteiger partial charge in [-0.2, -0.15) is 0 Å². The summed E-state index contributed by atoms with van der Waals surface area (Å²) < 4.78 is 0. The van der Waals surface area contributed by atoms with Crippen molar-refractivity contribution in [1.82, 2.24) is 15.5 Å². The SMILES string of the molecule is CCCCc1nnc(NC(=O)C2CSCN2)s1. The van der Waals surface area contributed by atoms with Crippen LogP contribution in [0.3, 0.4) is 0 Å². The Bertz CT molecular complexity index is 376. The van der Waals surface area contributed by atoms with Gasteiger partial charge < -0.3 is 0 Å². The lowest BCUT2D eigenvalue weighted by Crippen LogP contribution is -2.37. The van der Waals surface area contributed by atoms with Crippen LogP contribution in [-0.4, -0.2) is 33.8 Å². The molecular weight excluding hydrogens is 256 g/mol. The van der Waals surface area contributed by atoms with E-state index in [1.165, 1.54) is 11.3 Å². The monoisotopic (exact) mass is 272 g/mol. The maximum absolute atomic E-state index is 11.8. The summed E-state index contributed by atoms with van der Waals surface area (Å²) in [6.07, 6.45) is 3.20. The lowest BCUT2D eigenvalue weighted by atomic mass is 10.3. The van der Waals surface area contributed by atoms with Gasteiger partial charge in [-0.15, -0.1) is 22.0 Å². The number of aromatic nitrogens is 2. The van der Waals surface area contributed by atoms with E-state index in [-0.39, 0.29) is 11.9 Å². The van der Waals surface area contributed by atoms with Crippen LogP contribution in [0.25, 0.3) is 0 Å². The van der Waals surface area contributed by atoms with E-state index < -0.39 is 0 Å². The van der Waals surface area contributed by atoms with Crippen LogP contribution < -0.4 is 10.6 Å². The molecule has 1 aromatic heterocycles. The van der Waals surface area contributed by atoms with Crippen LogP contribution in [0.4, 0.5) is 5.13 Å². The van der Waals surface area contributed by atoms with Crippen molar-refractivity contribution in [2.24, 2.45) is 0 Å². The third-order valence-corrected chi connectivity index (χ3v) is 4.31. The summed E-state index contributed by atoms with van der Waals surface area (Å²) in [5.74, 6) is 1.66. The predicted molar refractivity (Wildman–Crippen MR) is 71.4 cm³/mol. The van der Waals surface area contributed by atoms with Crippen LogP contribution in [0.15, 0.2) is 0 Å². The second-order valence-electron chi connectivity index (χ2n) is 3.87. The molecule has 0 radical (unpaired) electrons. The van der Waals surface area contributed by atoms with Crippen molar-refractivity contribution in [2.75, 3.05) is 16.9 Å². The van der Waals surface area contributed by atoms with Crippen LogP contribution in [0.2, 0.25) is 0 Å². The summed E-state index contributed by atoms with van der Waals surface area (Å²) in [5, 5.41) is 15.6. The van der Waals surface area contributed by atoms with Gasteiger partial charge in [0.25, 0.3) is 0 Å². The predicted octanol–water partition coefficient (Wildman–Crippen LogP) is 1.48. The molecule has 0 spiro atoms. The summed E-state index contributed by atoms with van der Waals surface area (Å²) in [6.45, 7) is 2.15. The molecule has 0 aliphatic carbocycles. The van der Waals surface area contributed by atoms with Gasteiger partial charge >= 0.3 is 0 Å². The van der Waals surface area contributed by atoms with Crippen LogP contribution in [0, 0.1) is 0 Å². The zero-order valence-corrected chi connectivity index (χ0v) is 11.4. The number of rotatable bonds is 5. The standard InChI is InChI=1S/C10H16N4OS2/c1-2-3-4-8-13-14-10(17-8)12-9(15)7-5-16-6-11-7/h7,11H,2-6H2,1H3,(H,12,14,15). The Morgan fingerprint density at radius 2 is 2.47 bits per heavy atom. The molecule has 5 nitrogen and oxygen atoms in total. The Morgan fingerprint density at radius 1 is 1.59 bits per heavy atom. The highest BCUT2D eigenvalue weighted by atomic mass is 32.2. The fourth-order valence-electron chi connectivity index (χ4n) is 1.49. The third kappa shape index (κ3) is 3.65. The summed E-state index contributed by atoms with van der Waals surface area (Å²) in [4.78, 5) is 11.8. The van der Waals surface area contributed by atoms with E-state index in [0.29, 0.717) is 5.13 Å². The minimum Gasteiger partial charge on any atom is -0.299 e. The van der Waals surface area contributed by atoms with Crippen molar-refractivity contribution < 1.29 is 4.79 Å². The van der Waals surface area contributed by atoms with Gasteiger partial charge in [-0.1, -0.05) is 24.7 Å². The molecule has 2 heterocycles. The van der Waals surface area contributed by atoms with Crippen molar-refractivity contribution in [2.45, 2.75) is 32.2 Å². The van der Waals surface area contributed by atoms with Gasteiger partial charge in [-0.25, -0.2) is 0 Å². The Morgan fingerprint density at radius 3 is 3.18 bits per heavy atom. The molecule has 7 heteroatoms. The molecule has 1 fully saturated rings. The maximum atomic E-state index is 11.8. The van der Waals surface area contributed by atoms with Crippen molar-refractivity contribution in [3.63, 3.8) is 0 Å². The first-order valence-electron chi connectivity index (χ1n) is 5.74. The topological polar surface area (TPSA) is 66.9 Å². The van der Waals surface area contributed by atoms with E-state index in [1.807, 2.05) is 0 Å². The molecule has 0 saturated carbocycles. The second-order valence-corrected chi connectivity index (χ2v) is 5.96. The number of hydrogen-bond acceptors (Lipinski definition) is 6. The average molecular weight is 272 g/mol. The summed E-state index contributed by atoms with van der Waals surface area (Å²) >= 11 is 3.20. The average Bonchev–Trinajstić information content (AvgIpc) is 2.97. The van der Waals surface area contributed by atoms with E-state index in [4.69, 9.17) is 0 Å². The Kier molecular flexibility index (Phi) is 4.75. The van der Waals surface area contributed by atoms with Gasteiger partial charge in [0.05, 0.1) is 6.04 Å². The first kappa shape index (κ1) is 12.8. The normalized spacial score (nSPS) is 19.5. The van der Waals surface area contributed by atoms with Crippen molar-refractivity contribution in [3.05, 3.63) is 5.01 Å². The number of aryl methyl sites for hydroxylation is 1. The Labute approximate surface area is 109 Å². The lowest BCUT2D eigenvalue weighted by molar-refractivity contribution is -0.117. The number of thioether (sulfide) groups is 1. The molecule has 0 aromatic carbocycles. The van der Waals surface area contributed by atoms with Gasteiger partial charge in [0, 0.05) is 18.1 Å². The number of carbonyl (C=O) groups is 1. The van der Waals surface area contributed by atoms with Gasteiger partial charge in [-0.05, 0) is 6.42 Å². The van der Waals surface area contributed by atoms with E-state index in [2.05, 4.69) is 27.8 Å². The molecule has 1 aliphatic heterocycles. The number of nitrogens with one attached hydrogen (secondary N) is 2. The van der Waals surface area contributed by atoms with Crippen molar-refractivity contribution in [1.29, 1.82) is 0 Å². The number of nitrogens with zero attached hydrogens (tertiary/aromatic N) is 2. The van der Waals surface area contributed by atoms with Gasteiger partial charge in [0.15, 0.2) is 0 Å². The number of unbranched alkanes of at least 4 members (excludes halogenated alkanes) is 1. The van der Waals surface area contributed by atoms with E-state index in [0.717, 1.165) is 35.9 Å². The number of anilines is 1. The van der Waals surface area contributed by atoms with Gasteiger partial charge in [-0.3, -0.25) is 15.4 Å². The molecular formula is C10H16N4OS2. The highest BCUT2D eigenvalue weighted by molar-refractivity contribution is 7.99. The maximum Gasteiger partial charge on any atom is 0.244 e. The summed E-state index contributed by atoms with van der Waals surface area (Å²) in [7, 11) is 0. The molecule has 1 unspecified atom stereocenters.